The Morgan fingerprint density at radius 3 is 2.96 bits per heavy atom. The Morgan fingerprint density at radius 2 is 2.22 bits per heavy atom. The van der Waals surface area contributed by atoms with Crippen LogP contribution in [0.5, 0.6) is 0 Å². The maximum Gasteiger partial charge on any atom is 0.271 e. The molecule has 144 valence electrons. The molecule has 27 heavy (non-hydrogen) atoms. The minimum absolute atomic E-state index is 0.0526. The highest BCUT2D eigenvalue weighted by molar-refractivity contribution is 8.14. The Kier molecular flexibility index (Phi) is 4.72. The Bertz CT molecular complexity index is 982. The molecule has 2 aliphatic heterocycles. The Hall–Kier alpha value is -1.57. The number of fused-ring (bicyclic) bond motifs is 1. The fourth-order valence-electron chi connectivity index (χ4n) is 3.84. The van der Waals surface area contributed by atoms with E-state index in [0.717, 1.165) is 17.9 Å². The summed E-state index contributed by atoms with van der Waals surface area (Å²) in [5.41, 5.74) is 0.384. The molecule has 0 bridgehead atoms. The number of halogens is 2. The number of thioether (sulfide) groups is 1. The lowest BCUT2D eigenvalue weighted by molar-refractivity contribution is -0.0705. The van der Waals surface area contributed by atoms with Crippen molar-refractivity contribution in [1.82, 2.24) is 9.78 Å². The molecule has 0 saturated carbocycles. The number of aliphatic imine (C=N–C) groups is 1. The van der Waals surface area contributed by atoms with Crippen LogP contribution in [0.3, 0.4) is 0 Å². The van der Waals surface area contributed by atoms with Gasteiger partial charge in [-0.3, -0.25) is 14.6 Å². The van der Waals surface area contributed by atoms with Gasteiger partial charge in [-0.25, -0.2) is 9.38 Å². The topological polar surface area (TPSA) is 59.4 Å². The van der Waals surface area contributed by atoms with Gasteiger partial charge in [-0.15, -0.1) is 0 Å². The van der Waals surface area contributed by atoms with Crippen LogP contribution in [0.4, 0.5) is 10.2 Å². The number of hydrogen-bond donors (Lipinski definition) is 1. The molecule has 2 aromatic rings. The SMILES string of the molecule is CC1=Nc2c(c(=O)[nH]n2C2CCOC(C)(C)C2)C(c2cccc(Cl)c2F)S1. The van der Waals surface area contributed by atoms with Crippen LogP contribution in [0.15, 0.2) is 28.0 Å². The number of ether oxygens (including phenoxy) is 1. The third-order valence-corrected chi connectivity index (χ3v) is 6.50. The first-order chi connectivity index (χ1) is 12.8. The Morgan fingerprint density at radius 1 is 1.44 bits per heavy atom. The zero-order chi connectivity index (χ0) is 19.3. The number of aromatic amines is 1. The highest BCUT2D eigenvalue weighted by atomic mass is 35.5. The quantitative estimate of drug-likeness (QED) is 0.760. The smallest absolute Gasteiger partial charge is 0.271 e. The highest BCUT2D eigenvalue weighted by Gasteiger charge is 2.36. The lowest BCUT2D eigenvalue weighted by Gasteiger charge is -2.36. The molecule has 3 heterocycles. The van der Waals surface area contributed by atoms with Crippen molar-refractivity contribution in [3.05, 3.63) is 50.5 Å². The molecule has 5 nitrogen and oxygen atoms in total. The molecule has 1 aromatic carbocycles. The number of nitrogens with one attached hydrogen (secondary N) is 1. The second-order valence-corrected chi connectivity index (χ2v) is 9.28. The molecule has 8 heteroatoms. The number of aromatic nitrogens is 2. The second kappa shape index (κ2) is 6.79. The number of H-pyrrole nitrogens is 1. The standard InChI is InChI=1S/C19H21ClFN3O2S/c1-10-22-17-14(16(27-10)12-5-4-6-13(20)15(12)21)18(25)23-24(17)11-7-8-26-19(2,3)9-11/h4-6,11,16H,7-9H2,1-3H3,(H,23,25). The van der Waals surface area contributed by atoms with Gasteiger partial charge in [-0.2, -0.15) is 0 Å². The van der Waals surface area contributed by atoms with Crippen LogP contribution in [-0.2, 0) is 4.74 Å². The van der Waals surface area contributed by atoms with Crippen molar-refractivity contribution < 1.29 is 9.13 Å². The summed E-state index contributed by atoms with van der Waals surface area (Å²) < 4.78 is 22.3. The Balaban J connectivity index is 1.83. The summed E-state index contributed by atoms with van der Waals surface area (Å²) in [6.45, 7) is 6.58. The summed E-state index contributed by atoms with van der Waals surface area (Å²) in [4.78, 5) is 17.5. The van der Waals surface area contributed by atoms with Crippen molar-refractivity contribution in [3.63, 3.8) is 0 Å². The lowest BCUT2D eigenvalue weighted by atomic mass is 9.94. The zero-order valence-electron chi connectivity index (χ0n) is 15.4. The van der Waals surface area contributed by atoms with Crippen molar-refractivity contribution in [1.29, 1.82) is 0 Å². The predicted octanol–water partition coefficient (Wildman–Crippen LogP) is 4.99. The van der Waals surface area contributed by atoms with E-state index in [1.165, 1.54) is 17.8 Å². The second-order valence-electron chi connectivity index (χ2n) is 7.57. The summed E-state index contributed by atoms with van der Waals surface area (Å²) in [6, 6.07) is 4.97. The van der Waals surface area contributed by atoms with Gasteiger partial charge in [0, 0.05) is 12.2 Å². The van der Waals surface area contributed by atoms with Gasteiger partial charge >= 0.3 is 0 Å². The van der Waals surface area contributed by atoms with Crippen LogP contribution in [-0.4, -0.2) is 27.0 Å². The van der Waals surface area contributed by atoms with Gasteiger partial charge in [0.1, 0.15) is 5.82 Å². The Labute approximate surface area is 165 Å². The predicted molar refractivity (Wildman–Crippen MR) is 107 cm³/mol. The van der Waals surface area contributed by atoms with E-state index in [9.17, 15) is 9.18 Å². The van der Waals surface area contributed by atoms with E-state index in [1.807, 2.05) is 25.5 Å². The minimum atomic E-state index is -0.489. The molecule has 0 radical (unpaired) electrons. The van der Waals surface area contributed by atoms with E-state index in [-0.39, 0.29) is 22.2 Å². The van der Waals surface area contributed by atoms with Gasteiger partial charge in [0.05, 0.1) is 32.5 Å². The van der Waals surface area contributed by atoms with Gasteiger partial charge < -0.3 is 4.74 Å². The average Bonchev–Trinajstić information content (AvgIpc) is 2.92. The molecule has 4 rings (SSSR count). The van der Waals surface area contributed by atoms with Gasteiger partial charge in [0.25, 0.3) is 5.56 Å². The average molecular weight is 410 g/mol. The van der Waals surface area contributed by atoms with Crippen LogP contribution in [0.25, 0.3) is 0 Å². The van der Waals surface area contributed by atoms with Gasteiger partial charge in [0.15, 0.2) is 5.82 Å². The first-order valence-electron chi connectivity index (χ1n) is 8.91. The van der Waals surface area contributed by atoms with Crippen LogP contribution in [0.2, 0.25) is 5.02 Å². The largest absolute Gasteiger partial charge is 0.375 e. The first-order valence-corrected chi connectivity index (χ1v) is 10.2. The normalized spacial score (nSPS) is 24.4. The molecular weight excluding hydrogens is 389 g/mol. The van der Waals surface area contributed by atoms with E-state index in [0.29, 0.717) is 23.6 Å². The maximum atomic E-state index is 14.7. The molecule has 2 aliphatic rings. The van der Waals surface area contributed by atoms with Crippen molar-refractivity contribution in [2.45, 2.75) is 50.5 Å². The highest BCUT2D eigenvalue weighted by Crippen LogP contribution is 2.46. The van der Waals surface area contributed by atoms with Crippen LogP contribution in [0.1, 0.15) is 56.0 Å². The molecule has 0 spiro atoms. The van der Waals surface area contributed by atoms with Crippen LogP contribution < -0.4 is 5.56 Å². The van der Waals surface area contributed by atoms with Crippen molar-refractivity contribution >= 4 is 34.2 Å². The number of benzene rings is 1. The van der Waals surface area contributed by atoms with E-state index in [1.54, 1.807) is 12.1 Å². The van der Waals surface area contributed by atoms with Gasteiger partial charge in [-0.05, 0) is 39.7 Å². The number of rotatable bonds is 2. The summed E-state index contributed by atoms with van der Waals surface area (Å²) in [5.74, 6) is 0.0972. The van der Waals surface area contributed by atoms with Crippen molar-refractivity contribution in [2.24, 2.45) is 4.99 Å². The maximum absolute atomic E-state index is 14.7. The molecule has 1 saturated heterocycles. The van der Waals surface area contributed by atoms with Crippen LogP contribution >= 0.6 is 23.4 Å². The molecule has 2 atom stereocenters. The summed E-state index contributed by atoms with van der Waals surface area (Å²) in [7, 11) is 0. The van der Waals surface area contributed by atoms with E-state index < -0.39 is 11.1 Å². The van der Waals surface area contributed by atoms with Crippen LogP contribution in [0, 0.1) is 5.82 Å². The zero-order valence-corrected chi connectivity index (χ0v) is 17.0. The fraction of sp³-hybridized carbons (Fsp3) is 0.474. The number of hydrogen-bond acceptors (Lipinski definition) is 4. The number of nitrogens with zero attached hydrogens (tertiary/aromatic N) is 2. The third-order valence-electron chi connectivity index (χ3n) is 5.05. The minimum Gasteiger partial charge on any atom is -0.375 e. The monoisotopic (exact) mass is 409 g/mol. The fourth-order valence-corrected chi connectivity index (χ4v) is 5.14. The van der Waals surface area contributed by atoms with Gasteiger partial charge in [-0.1, -0.05) is 35.5 Å². The summed E-state index contributed by atoms with van der Waals surface area (Å²) in [6.07, 6.45) is 1.56. The van der Waals surface area contributed by atoms with E-state index >= 15 is 0 Å². The molecular formula is C19H21ClFN3O2S. The molecule has 0 amide bonds. The lowest BCUT2D eigenvalue weighted by Crippen LogP contribution is -2.35. The third kappa shape index (κ3) is 3.37. The molecule has 0 aliphatic carbocycles. The summed E-state index contributed by atoms with van der Waals surface area (Å²) in [5, 5.41) is 3.30. The van der Waals surface area contributed by atoms with E-state index in [4.69, 9.17) is 16.3 Å². The molecule has 2 unspecified atom stereocenters. The van der Waals surface area contributed by atoms with Crippen molar-refractivity contribution in [3.8, 4) is 0 Å². The first kappa shape index (κ1) is 18.8. The van der Waals surface area contributed by atoms with Gasteiger partial charge in [0.2, 0.25) is 0 Å². The molecule has 1 N–H and O–H groups in total. The molecule has 1 aromatic heterocycles. The van der Waals surface area contributed by atoms with E-state index in [2.05, 4.69) is 10.1 Å². The summed E-state index contributed by atoms with van der Waals surface area (Å²) >= 11 is 7.35. The van der Waals surface area contributed by atoms with Crippen molar-refractivity contribution in [2.75, 3.05) is 6.61 Å². The molecule has 1 fully saturated rings.